The number of carbonyl (C=O) groups is 2. The predicted molar refractivity (Wildman–Crippen MR) is 134 cm³/mol. The lowest BCUT2D eigenvalue weighted by atomic mass is 10.0. The summed E-state index contributed by atoms with van der Waals surface area (Å²) in [4.78, 5) is 21.7. The van der Waals surface area contributed by atoms with Gasteiger partial charge in [0.05, 0.1) is 11.8 Å². The third kappa shape index (κ3) is 19.3. The lowest BCUT2D eigenvalue weighted by Crippen LogP contribution is -2.00. The second kappa shape index (κ2) is 19.5. The zero-order valence-electron chi connectivity index (χ0n) is 19.7. The van der Waals surface area contributed by atoms with Gasteiger partial charge in [0.25, 0.3) is 0 Å². The maximum Gasteiger partial charge on any atom is 0.342 e. The number of carbonyl (C=O) groups excluding carboxylic acids is 2. The Morgan fingerprint density at radius 1 is 0.935 bits per heavy atom. The van der Waals surface area contributed by atoms with Crippen molar-refractivity contribution in [3.63, 3.8) is 0 Å². The minimum atomic E-state index is -0.312. The molecular weight excluding hydrogens is 384 g/mol. The van der Waals surface area contributed by atoms with Crippen LogP contribution in [0.25, 0.3) is 0 Å². The van der Waals surface area contributed by atoms with Crippen LogP contribution in [0.5, 0.6) is 0 Å². The fourth-order valence-corrected chi connectivity index (χ4v) is 2.55. The van der Waals surface area contributed by atoms with E-state index in [-0.39, 0.29) is 13.4 Å². The number of rotatable bonds is 11. The topological polar surface area (TPSA) is 43.4 Å². The van der Waals surface area contributed by atoms with Crippen molar-refractivity contribution in [1.82, 2.24) is 0 Å². The van der Waals surface area contributed by atoms with Gasteiger partial charge in [-0.3, -0.25) is 0 Å². The van der Waals surface area contributed by atoms with Crippen molar-refractivity contribution in [3.05, 3.63) is 71.5 Å². The van der Waals surface area contributed by atoms with Gasteiger partial charge in [0.2, 0.25) is 0 Å². The monoisotopic (exact) mass is 428 g/mol. The summed E-state index contributed by atoms with van der Waals surface area (Å²) in [7, 11) is 0. The number of esters is 1. The first-order chi connectivity index (χ1) is 14.3. The van der Waals surface area contributed by atoms with Crippen molar-refractivity contribution in [2.45, 2.75) is 81.1 Å². The smallest absolute Gasteiger partial charge is 0.342 e. The normalized spacial score (nSPS) is 11.8. The predicted octanol–water partition coefficient (Wildman–Crippen LogP) is 8.33. The van der Waals surface area contributed by atoms with Crippen LogP contribution in [0.3, 0.4) is 0 Å². The molecule has 0 N–H and O–H groups in total. The second-order valence-corrected chi connectivity index (χ2v) is 8.30. The van der Waals surface area contributed by atoms with Crippen molar-refractivity contribution in [2.24, 2.45) is 11.8 Å². The van der Waals surface area contributed by atoms with Crippen LogP contribution in [0.1, 0.15) is 91.4 Å². The van der Waals surface area contributed by atoms with Crippen LogP contribution in [0.2, 0.25) is 0 Å². The first-order valence-electron chi connectivity index (χ1n) is 10.9. The summed E-state index contributed by atoms with van der Waals surface area (Å²) < 4.78 is 5.09. The minimum Gasteiger partial charge on any atom is -0.431 e. The first-order valence-corrected chi connectivity index (χ1v) is 10.9. The molecule has 1 aromatic rings. The summed E-state index contributed by atoms with van der Waals surface area (Å²) in [5.41, 5.74) is 3.28. The SMILES string of the molecule is C.CC(C)=CCCC(C)C=COC(=O)c1ccccc1.CC(C)=CCCC(C)CC=O. The summed E-state index contributed by atoms with van der Waals surface area (Å²) in [6.45, 7) is 12.6. The van der Waals surface area contributed by atoms with E-state index in [0.29, 0.717) is 23.8 Å². The summed E-state index contributed by atoms with van der Waals surface area (Å²) >= 11 is 0. The summed E-state index contributed by atoms with van der Waals surface area (Å²) in [5.74, 6) is 0.635. The highest BCUT2D eigenvalue weighted by molar-refractivity contribution is 5.89. The quantitative estimate of drug-likeness (QED) is 0.154. The van der Waals surface area contributed by atoms with E-state index in [4.69, 9.17) is 4.74 Å². The fraction of sp³-hybridized carbons (Fsp3) is 0.500. The van der Waals surface area contributed by atoms with E-state index in [1.807, 2.05) is 24.3 Å². The van der Waals surface area contributed by atoms with Crippen LogP contribution in [0.15, 0.2) is 66.0 Å². The number of hydrogen-bond acceptors (Lipinski definition) is 3. The van der Waals surface area contributed by atoms with Crippen LogP contribution in [-0.4, -0.2) is 12.3 Å². The third-order valence-corrected chi connectivity index (χ3v) is 4.48. The molecule has 0 bridgehead atoms. The maximum atomic E-state index is 11.6. The maximum absolute atomic E-state index is 11.6. The number of ether oxygens (including phenoxy) is 1. The average molecular weight is 429 g/mol. The van der Waals surface area contributed by atoms with Crippen molar-refractivity contribution in [1.29, 1.82) is 0 Å². The van der Waals surface area contributed by atoms with Crippen molar-refractivity contribution < 1.29 is 14.3 Å². The van der Waals surface area contributed by atoms with Crippen LogP contribution >= 0.6 is 0 Å². The molecule has 0 saturated carbocycles. The molecule has 0 radical (unpaired) electrons. The van der Waals surface area contributed by atoms with Gasteiger partial charge in [-0.15, -0.1) is 0 Å². The molecule has 2 atom stereocenters. The van der Waals surface area contributed by atoms with E-state index in [0.717, 1.165) is 32.0 Å². The number of benzene rings is 1. The van der Waals surface area contributed by atoms with Gasteiger partial charge in [0.15, 0.2) is 0 Å². The molecule has 0 aliphatic heterocycles. The fourth-order valence-electron chi connectivity index (χ4n) is 2.55. The standard InChI is InChI=1S/C17H22O2.C10H18O.CH4/c1-14(2)8-7-9-15(3)12-13-19-17(18)16-10-5-4-6-11-16;1-9(2)5-4-6-10(3)7-8-11;/h4-6,8,10-13,15H,7,9H2,1-3H3;5,8,10H,4,6-7H2,1-3H3;1H4. The van der Waals surface area contributed by atoms with Gasteiger partial charge in [-0.25, -0.2) is 4.79 Å². The van der Waals surface area contributed by atoms with Crippen molar-refractivity contribution >= 4 is 12.3 Å². The van der Waals surface area contributed by atoms with Gasteiger partial charge in [0, 0.05) is 6.42 Å². The molecule has 0 heterocycles. The molecular formula is C28H44O3. The zero-order valence-corrected chi connectivity index (χ0v) is 19.7. The molecule has 3 heteroatoms. The van der Waals surface area contributed by atoms with Crippen molar-refractivity contribution in [2.75, 3.05) is 0 Å². The van der Waals surface area contributed by atoms with Crippen LogP contribution in [0, 0.1) is 11.8 Å². The zero-order chi connectivity index (χ0) is 22.8. The van der Waals surface area contributed by atoms with E-state index >= 15 is 0 Å². The lowest BCUT2D eigenvalue weighted by molar-refractivity contribution is -0.108. The molecule has 174 valence electrons. The summed E-state index contributed by atoms with van der Waals surface area (Å²) in [6, 6.07) is 9.01. The molecule has 2 unspecified atom stereocenters. The summed E-state index contributed by atoms with van der Waals surface area (Å²) in [6.07, 6.45) is 13.9. The first kappa shape index (κ1) is 30.8. The molecule has 0 amide bonds. The van der Waals surface area contributed by atoms with Crippen molar-refractivity contribution in [3.8, 4) is 0 Å². The Morgan fingerprint density at radius 3 is 2.00 bits per heavy atom. The largest absolute Gasteiger partial charge is 0.431 e. The molecule has 0 saturated heterocycles. The molecule has 1 aromatic carbocycles. The van der Waals surface area contributed by atoms with Crippen LogP contribution in [-0.2, 0) is 9.53 Å². The van der Waals surface area contributed by atoms with E-state index in [1.54, 1.807) is 12.1 Å². The molecule has 0 aliphatic carbocycles. The third-order valence-electron chi connectivity index (χ3n) is 4.48. The highest BCUT2D eigenvalue weighted by Gasteiger charge is 2.03. The Bertz CT molecular complexity index is 675. The van der Waals surface area contributed by atoms with E-state index in [9.17, 15) is 9.59 Å². The van der Waals surface area contributed by atoms with Crippen LogP contribution in [0.4, 0.5) is 0 Å². The lowest BCUT2D eigenvalue weighted by Gasteiger charge is -2.04. The van der Waals surface area contributed by atoms with E-state index < -0.39 is 0 Å². The van der Waals surface area contributed by atoms with Gasteiger partial charge >= 0.3 is 5.97 Å². The van der Waals surface area contributed by atoms with Crippen LogP contribution < -0.4 is 0 Å². The highest BCUT2D eigenvalue weighted by Crippen LogP contribution is 2.10. The van der Waals surface area contributed by atoms with Gasteiger partial charge in [-0.1, -0.05) is 62.8 Å². The Balaban J connectivity index is 0. The molecule has 31 heavy (non-hydrogen) atoms. The number of hydrogen-bond donors (Lipinski definition) is 0. The Hall–Kier alpha value is -2.42. The molecule has 0 spiro atoms. The van der Waals surface area contributed by atoms with Gasteiger partial charge in [-0.05, 0) is 83.4 Å². The van der Waals surface area contributed by atoms with E-state index in [2.05, 4.69) is 53.7 Å². The Morgan fingerprint density at radius 2 is 1.48 bits per heavy atom. The Labute approximate surface area is 191 Å². The number of aldehydes is 1. The molecule has 0 fully saturated rings. The number of allylic oxidation sites excluding steroid dienone is 5. The van der Waals surface area contributed by atoms with Gasteiger partial charge in [0.1, 0.15) is 6.29 Å². The average Bonchev–Trinajstić information content (AvgIpc) is 2.68. The van der Waals surface area contributed by atoms with Gasteiger partial charge in [-0.2, -0.15) is 0 Å². The van der Waals surface area contributed by atoms with E-state index in [1.165, 1.54) is 17.4 Å². The molecule has 3 nitrogen and oxygen atoms in total. The molecule has 0 aromatic heterocycles. The second-order valence-electron chi connectivity index (χ2n) is 8.30. The minimum absolute atomic E-state index is 0. The molecule has 0 aliphatic rings. The Kier molecular flexibility index (Phi) is 19.4. The molecule has 1 rings (SSSR count). The van der Waals surface area contributed by atoms with Gasteiger partial charge < -0.3 is 9.53 Å². The highest BCUT2D eigenvalue weighted by atomic mass is 16.5. The summed E-state index contributed by atoms with van der Waals surface area (Å²) in [5, 5.41) is 0.